The number of amides is 1. The van der Waals surface area contributed by atoms with Crippen molar-refractivity contribution in [1.82, 2.24) is 0 Å². The maximum atomic E-state index is 13.4. The fourth-order valence-corrected chi connectivity index (χ4v) is 3.49. The highest BCUT2D eigenvalue weighted by molar-refractivity contribution is 6.39. The lowest BCUT2D eigenvalue weighted by Crippen LogP contribution is -2.32. The van der Waals surface area contributed by atoms with E-state index in [9.17, 15) is 9.90 Å². The third-order valence-electron chi connectivity index (χ3n) is 4.82. The summed E-state index contributed by atoms with van der Waals surface area (Å²) in [5.74, 6) is 1.38. The van der Waals surface area contributed by atoms with Crippen molar-refractivity contribution in [1.29, 1.82) is 0 Å². The van der Waals surface area contributed by atoms with Crippen molar-refractivity contribution in [2.75, 3.05) is 19.1 Å². The number of methoxy groups -OCH3 is 2. The molecule has 1 heterocycles. The lowest BCUT2D eigenvalue weighted by Gasteiger charge is -2.19. The Morgan fingerprint density at radius 3 is 2.42 bits per heavy atom. The van der Waals surface area contributed by atoms with Gasteiger partial charge in [0.05, 0.1) is 24.9 Å². The fourth-order valence-electron chi connectivity index (χ4n) is 3.27. The molecule has 0 fully saturated rings. The largest absolute Gasteiger partial charge is 0.508 e. The van der Waals surface area contributed by atoms with Crippen molar-refractivity contribution in [2.24, 2.45) is 4.99 Å². The molecule has 3 aromatic rings. The molecule has 0 saturated carbocycles. The molecule has 1 aliphatic heterocycles. The number of aliphatic imine (C=N–C) groups is 1. The Labute approximate surface area is 184 Å². The molecule has 6 nitrogen and oxygen atoms in total. The highest BCUT2D eigenvalue weighted by atomic mass is 35.5. The van der Waals surface area contributed by atoms with Gasteiger partial charge in [-0.3, -0.25) is 9.69 Å². The van der Waals surface area contributed by atoms with E-state index in [0.29, 0.717) is 39.2 Å². The van der Waals surface area contributed by atoms with Crippen LogP contribution in [0, 0.1) is 0 Å². The molecule has 31 heavy (non-hydrogen) atoms. The molecule has 3 aromatic carbocycles. The number of amidine groups is 1. The lowest BCUT2D eigenvalue weighted by molar-refractivity contribution is -0.113. The molecule has 0 radical (unpaired) electrons. The van der Waals surface area contributed by atoms with Crippen molar-refractivity contribution in [3.63, 3.8) is 0 Å². The van der Waals surface area contributed by atoms with Gasteiger partial charge in [0.15, 0.2) is 0 Å². The van der Waals surface area contributed by atoms with Gasteiger partial charge in [-0.1, -0.05) is 23.7 Å². The number of halogens is 1. The van der Waals surface area contributed by atoms with Crippen LogP contribution in [0.5, 0.6) is 17.2 Å². The van der Waals surface area contributed by atoms with Crippen LogP contribution < -0.4 is 14.4 Å². The molecule has 0 spiro atoms. The van der Waals surface area contributed by atoms with E-state index < -0.39 is 0 Å². The van der Waals surface area contributed by atoms with Gasteiger partial charge in [0, 0.05) is 17.2 Å². The Hall–Kier alpha value is -3.77. The topological polar surface area (TPSA) is 71.4 Å². The number of hydrogen-bond acceptors (Lipinski definition) is 5. The molecule has 1 N–H and O–H groups in total. The summed E-state index contributed by atoms with van der Waals surface area (Å²) in [4.78, 5) is 19.5. The minimum Gasteiger partial charge on any atom is -0.508 e. The van der Waals surface area contributed by atoms with Crippen LogP contribution in [0.3, 0.4) is 0 Å². The maximum absolute atomic E-state index is 13.4. The zero-order valence-electron chi connectivity index (χ0n) is 16.9. The van der Waals surface area contributed by atoms with E-state index in [1.54, 1.807) is 62.8 Å². The lowest BCUT2D eigenvalue weighted by atomic mass is 10.1. The van der Waals surface area contributed by atoms with E-state index in [2.05, 4.69) is 4.99 Å². The zero-order valence-corrected chi connectivity index (χ0v) is 17.6. The molecule has 0 bridgehead atoms. The van der Waals surface area contributed by atoms with E-state index in [1.807, 2.05) is 12.1 Å². The third kappa shape index (κ3) is 3.98. The number of anilines is 1. The van der Waals surface area contributed by atoms with Crippen molar-refractivity contribution in [3.05, 3.63) is 88.6 Å². The average Bonchev–Trinajstić information content (AvgIpc) is 3.10. The first-order chi connectivity index (χ1) is 15.0. The molecular weight excluding hydrogens is 416 g/mol. The van der Waals surface area contributed by atoms with Crippen LogP contribution in [0.4, 0.5) is 5.69 Å². The highest BCUT2D eigenvalue weighted by Crippen LogP contribution is 2.33. The molecule has 0 unspecified atom stereocenters. The smallest absolute Gasteiger partial charge is 0.282 e. The molecule has 7 heteroatoms. The number of carbonyl (C=O) groups is 1. The molecule has 1 aliphatic rings. The summed E-state index contributed by atoms with van der Waals surface area (Å²) in [6.45, 7) is 0. The first-order valence-corrected chi connectivity index (χ1v) is 9.80. The van der Waals surface area contributed by atoms with Crippen LogP contribution in [0.25, 0.3) is 6.08 Å². The SMILES string of the molecule is COc1ccc(/C=C2/N=C(c3ccccc3Cl)N(c3ccc(O)cc3)C2=O)c(OC)c1. The number of nitrogens with zero attached hydrogens (tertiary/aromatic N) is 2. The summed E-state index contributed by atoms with van der Waals surface area (Å²) >= 11 is 6.41. The summed E-state index contributed by atoms with van der Waals surface area (Å²) < 4.78 is 10.7. The molecular formula is C24H19ClN2O4. The number of aromatic hydroxyl groups is 1. The fraction of sp³-hybridized carbons (Fsp3) is 0.0833. The van der Waals surface area contributed by atoms with E-state index in [0.717, 1.165) is 0 Å². The Balaban J connectivity index is 1.85. The second-order valence-electron chi connectivity index (χ2n) is 6.71. The number of hydrogen-bond donors (Lipinski definition) is 1. The number of rotatable bonds is 5. The van der Waals surface area contributed by atoms with Gasteiger partial charge in [0.25, 0.3) is 5.91 Å². The second-order valence-corrected chi connectivity index (χ2v) is 7.12. The summed E-state index contributed by atoms with van der Waals surface area (Å²) in [5, 5.41) is 10.1. The van der Waals surface area contributed by atoms with Crippen molar-refractivity contribution < 1.29 is 19.4 Å². The van der Waals surface area contributed by atoms with Gasteiger partial charge in [-0.15, -0.1) is 0 Å². The molecule has 0 atom stereocenters. The van der Waals surface area contributed by atoms with Crippen molar-refractivity contribution >= 4 is 35.1 Å². The second kappa shape index (κ2) is 8.53. The number of benzene rings is 3. The summed E-state index contributed by atoms with van der Waals surface area (Å²) in [6.07, 6.45) is 1.66. The van der Waals surface area contributed by atoms with E-state index in [-0.39, 0.29) is 17.4 Å². The van der Waals surface area contributed by atoms with Gasteiger partial charge in [-0.05, 0) is 54.6 Å². The number of phenols is 1. The minimum absolute atomic E-state index is 0.102. The van der Waals surface area contributed by atoms with Crippen LogP contribution in [0.15, 0.2) is 77.4 Å². The summed E-state index contributed by atoms with van der Waals surface area (Å²) in [7, 11) is 3.12. The van der Waals surface area contributed by atoms with Crippen LogP contribution >= 0.6 is 11.6 Å². The Kier molecular flexibility index (Phi) is 5.64. The molecule has 1 amide bonds. The first-order valence-electron chi connectivity index (χ1n) is 9.42. The molecule has 0 aromatic heterocycles. The predicted octanol–water partition coefficient (Wildman–Crippen LogP) is 4.90. The number of phenolic OH excluding ortho intramolecular Hbond substituents is 1. The molecule has 0 aliphatic carbocycles. The maximum Gasteiger partial charge on any atom is 0.282 e. The van der Waals surface area contributed by atoms with E-state index >= 15 is 0 Å². The predicted molar refractivity (Wildman–Crippen MR) is 121 cm³/mol. The minimum atomic E-state index is -0.321. The van der Waals surface area contributed by atoms with Gasteiger partial charge >= 0.3 is 0 Å². The van der Waals surface area contributed by atoms with Crippen LogP contribution in [0.1, 0.15) is 11.1 Å². The van der Waals surface area contributed by atoms with Gasteiger partial charge in [0.1, 0.15) is 28.8 Å². The van der Waals surface area contributed by atoms with Gasteiger partial charge in [-0.25, -0.2) is 4.99 Å². The zero-order chi connectivity index (χ0) is 22.0. The third-order valence-corrected chi connectivity index (χ3v) is 5.15. The quantitative estimate of drug-likeness (QED) is 0.580. The van der Waals surface area contributed by atoms with E-state index in [4.69, 9.17) is 21.1 Å². The van der Waals surface area contributed by atoms with Gasteiger partial charge in [0.2, 0.25) is 0 Å². The average molecular weight is 435 g/mol. The summed E-state index contributed by atoms with van der Waals surface area (Å²) in [5.41, 5.74) is 2.09. The van der Waals surface area contributed by atoms with Crippen LogP contribution in [-0.2, 0) is 4.79 Å². The molecule has 0 saturated heterocycles. The molecule has 4 rings (SSSR count). The molecule has 156 valence electrons. The normalized spacial score (nSPS) is 14.7. The number of carbonyl (C=O) groups excluding carboxylic acids is 1. The number of ether oxygens (including phenoxy) is 2. The Bertz CT molecular complexity index is 1200. The standard InChI is InChI=1S/C24H19ClN2O4/c1-30-18-12-7-15(22(14-18)31-2)13-21-24(29)27(16-8-10-17(28)11-9-16)23(26-21)19-5-3-4-6-20(19)25/h3-14,28H,1-2H3/b21-13+. The van der Waals surface area contributed by atoms with Gasteiger partial charge in [-0.2, -0.15) is 0 Å². The van der Waals surface area contributed by atoms with E-state index in [1.165, 1.54) is 17.0 Å². The van der Waals surface area contributed by atoms with Gasteiger partial charge < -0.3 is 14.6 Å². The summed E-state index contributed by atoms with van der Waals surface area (Å²) in [6, 6.07) is 18.8. The van der Waals surface area contributed by atoms with Crippen molar-refractivity contribution in [3.8, 4) is 17.2 Å². The van der Waals surface area contributed by atoms with Crippen LogP contribution in [0.2, 0.25) is 5.02 Å². The van der Waals surface area contributed by atoms with Crippen LogP contribution in [-0.4, -0.2) is 31.1 Å². The Morgan fingerprint density at radius 1 is 1.00 bits per heavy atom. The van der Waals surface area contributed by atoms with Crippen molar-refractivity contribution in [2.45, 2.75) is 0 Å². The first kappa shape index (κ1) is 20.5. The monoisotopic (exact) mass is 434 g/mol. The highest BCUT2D eigenvalue weighted by Gasteiger charge is 2.33. The Morgan fingerprint density at radius 2 is 1.74 bits per heavy atom.